The average Bonchev–Trinajstić information content (AvgIpc) is 2.48. The van der Waals surface area contributed by atoms with Crippen LogP contribution in [0, 0.1) is 5.82 Å². The number of rotatable bonds is 3. The molecule has 0 aliphatic carbocycles. The molecule has 110 valence electrons. The molecule has 3 rings (SSSR count). The molecule has 1 aliphatic rings. The van der Waals surface area contributed by atoms with Gasteiger partial charge in [-0.3, -0.25) is 0 Å². The first-order chi connectivity index (χ1) is 10.1. The smallest absolute Gasteiger partial charge is 0.123 e. The molecule has 0 radical (unpaired) electrons. The van der Waals surface area contributed by atoms with Crippen LogP contribution in [0.5, 0.6) is 5.75 Å². The van der Waals surface area contributed by atoms with E-state index in [9.17, 15) is 9.50 Å². The van der Waals surface area contributed by atoms with E-state index in [1.54, 1.807) is 30.0 Å². The lowest BCUT2D eigenvalue weighted by Crippen LogP contribution is -2.27. The molecule has 0 aromatic heterocycles. The first-order valence-electron chi connectivity index (χ1n) is 7.11. The summed E-state index contributed by atoms with van der Waals surface area (Å²) in [5, 5.41) is 12.9. The second-order valence-electron chi connectivity index (χ2n) is 5.35. The third-order valence-corrected chi connectivity index (χ3v) is 4.98. The van der Waals surface area contributed by atoms with E-state index < -0.39 is 0 Å². The van der Waals surface area contributed by atoms with Gasteiger partial charge in [-0.05, 0) is 60.6 Å². The van der Waals surface area contributed by atoms with E-state index in [2.05, 4.69) is 12.2 Å². The van der Waals surface area contributed by atoms with Gasteiger partial charge in [0.15, 0.2) is 0 Å². The third-order valence-electron chi connectivity index (χ3n) is 3.86. The minimum absolute atomic E-state index is 0.148. The van der Waals surface area contributed by atoms with Crippen molar-refractivity contribution in [3.63, 3.8) is 0 Å². The molecule has 2 nitrogen and oxygen atoms in total. The minimum atomic E-state index is -0.180. The van der Waals surface area contributed by atoms with E-state index in [1.165, 1.54) is 6.07 Å². The molecule has 0 spiro atoms. The lowest BCUT2D eigenvalue weighted by atomic mass is 10.0. The van der Waals surface area contributed by atoms with Gasteiger partial charge in [-0.15, -0.1) is 11.8 Å². The summed E-state index contributed by atoms with van der Waals surface area (Å²) in [7, 11) is 0. The van der Waals surface area contributed by atoms with E-state index in [0.29, 0.717) is 0 Å². The molecule has 21 heavy (non-hydrogen) atoms. The van der Waals surface area contributed by atoms with Gasteiger partial charge in [-0.2, -0.15) is 0 Å². The highest BCUT2D eigenvalue weighted by Gasteiger charge is 2.22. The Labute approximate surface area is 128 Å². The Morgan fingerprint density at radius 3 is 2.76 bits per heavy atom. The Bertz CT molecular complexity index is 629. The number of thioether (sulfide) groups is 1. The van der Waals surface area contributed by atoms with E-state index in [4.69, 9.17) is 0 Å². The van der Waals surface area contributed by atoms with E-state index >= 15 is 0 Å². The number of phenolic OH excluding ortho intramolecular Hbond substituents is 1. The number of nitrogens with one attached hydrogen (secondary N) is 1. The molecule has 0 fully saturated rings. The van der Waals surface area contributed by atoms with Crippen LogP contribution in [0.25, 0.3) is 0 Å². The van der Waals surface area contributed by atoms with Gasteiger partial charge in [0.1, 0.15) is 11.6 Å². The van der Waals surface area contributed by atoms with Crippen LogP contribution in [0.1, 0.15) is 36.6 Å². The number of phenols is 1. The molecule has 2 aromatic rings. The number of hydrogen-bond acceptors (Lipinski definition) is 3. The molecule has 0 saturated carbocycles. The largest absolute Gasteiger partial charge is 0.508 e. The summed E-state index contributed by atoms with van der Waals surface area (Å²) < 4.78 is 13.5. The quantitative estimate of drug-likeness (QED) is 0.880. The van der Waals surface area contributed by atoms with Gasteiger partial charge >= 0.3 is 0 Å². The Morgan fingerprint density at radius 1 is 1.24 bits per heavy atom. The van der Waals surface area contributed by atoms with Crippen LogP contribution in [-0.4, -0.2) is 10.9 Å². The molecule has 0 saturated heterocycles. The molecule has 2 aromatic carbocycles. The van der Waals surface area contributed by atoms with E-state index in [1.807, 2.05) is 18.2 Å². The van der Waals surface area contributed by atoms with Crippen LogP contribution in [-0.2, 0) is 0 Å². The summed E-state index contributed by atoms with van der Waals surface area (Å²) in [5.74, 6) is 1.13. The number of hydrogen-bond donors (Lipinski definition) is 2. The van der Waals surface area contributed by atoms with Gasteiger partial charge in [0, 0.05) is 17.0 Å². The topological polar surface area (TPSA) is 32.3 Å². The van der Waals surface area contributed by atoms with Gasteiger partial charge in [0.05, 0.1) is 0 Å². The Balaban J connectivity index is 1.80. The maximum atomic E-state index is 13.5. The first kappa shape index (κ1) is 14.4. The van der Waals surface area contributed by atoms with Gasteiger partial charge in [0.25, 0.3) is 0 Å². The van der Waals surface area contributed by atoms with Crippen molar-refractivity contribution in [2.75, 3.05) is 5.75 Å². The van der Waals surface area contributed by atoms with Gasteiger partial charge < -0.3 is 10.4 Å². The lowest BCUT2D eigenvalue weighted by molar-refractivity contribution is 0.446. The van der Waals surface area contributed by atoms with Crippen LogP contribution >= 0.6 is 11.8 Å². The van der Waals surface area contributed by atoms with Crippen molar-refractivity contribution in [2.24, 2.45) is 0 Å². The molecule has 4 heteroatoms. The zero-order valence-corrected chi connectivity index (χ0v) is 12.7. The molecule has 0 amide bonds. The van der Waals surface area contributed by atoms with Crippen molar-refractivity contribution in [3.05, 3.63) is 59.4 Å². The van der Waals surface area contributed by atoms with Crippen LogP contribution in [0.15, 0.2) is 47.4 Å². The SMILES string of the molecule is CC(NC1CCSc2ccc(F)cc21)c1ccc(O)cc1. The molecule has 2 unspecified atom stereocenters. The molecular formula is C17H18FNOS. The summed E-state index contributed by atoms with van der Waals surface area (Å²) >= 11 is 1.79. The van der Waals surface area contributed by atoms with Crippen molar-refractivity contribution in [1.29, 1.82) is 0 Å². The second kappa shape index (κ2) is 6.08. The number of benzene rings is 2. The monoisotopic (exact) mass is 303 g/mol. The highest BCUT2D eigenvalue weighted by molar-refractivity contribution is 7.99. The van der Waals surface area contributed by atoms with Gasteiger partial charge in [-0.1, -0.05) is 12.1 Å². The first-order valence-corrected chi connectivity index (χ1v) is 8.09. The van der Waals surface area contributed by atoms with Crippen molar-refractivity contribution >= 4 is 11.8 Å². The maximum Gasteiger partial charge on any atom is 0.123 e. The van der Waals surface area contributed by atoms with Crippen LogP contribution < -0.4 is 5.32 Å². The lowest BCUT2D eigenvalue weighted by Gasteiger charge is -2.29. The fourth-order valence-electron chi connectivity index (χ4n) is 2.70. The average molecular weight is 303 g/mol. The van der Waals surface area contributed by atoms with Gasteiger partial charge in [0.2, 0.25) is 0 Å². The molecule has 0 bridgehead atoms. The molecule has 1 heterocycles. The molecule has 2 atom stereocenters. The summed E-state index contributed by atoms with van der Waals surface area (Å²) in [6, 6.07) is 12.6. The van der Waals surface area contributed by atoms with Crippen LogP contribution in [0.3, 0.4) is 0 Å². The number of fused-ring (bicyclic) bond motifs is 1. The zero-order valence-electron chi connectivity index (χ0n) is 11.8. The predicted octanol–water partition coefficient (Wildman–Crippen LogP) is 4.42. The predicted molar refractivity (Wildman–Crippen MR) is 84.1 cm³/mol. The molecule has 2 N–H and O–H groups in total. The molecular weight excluding hydrogens is 285 g/mol. The number of halogens is 1. The van der Waals surface area contributed by atoms with Crippen molar-refractivity contribution in [2.45, 2.75) is 30.3 Å². The minimum Gasteiger partial charge on any atom is -0.508 e. The maximum absolute atomic E-state index is 13.5. The fraction of sp³-hybridized carbons (Fsp3) is 0.294. The van der Waals surface area contributed by atoms with Gasteiger partial charge in [-0.25, -0.2) is 4.39 Å². The highest BCUT2D eigenvalue weighted by Crippen LogP contribution is 2.37. The van der Waals surface area contributed by atoms with Crippen molar-refractivity contribution < 1.29 is 9.50 Å². The Kier molecular flexibility index (Phi) is 4.17. The number of aromatic hydroxyl groups is 1. The van der Waals surface area contributed by atoms with E-state index in [-0.39, 0.29) is 23.7 Å². The summed E-state index contributed by atoms with van der Waals surface area (Å²) in [6.45, 7) is 2.09. The highest BCUT2D eigenvalue weighted by atomic mass is 32.2. The van der Waals surface area contributed by atoms with Crippen LogP contribution in [0.4, 0.5) is 4.39 Å². The summed E-state index contributed by atoms with van der Waals surface area (Å²) in [5.41, 5.74) is 2.17. The van der Waals surface area contributed by atoms with E-state index in [0.717, 1.165) is 28.2 Å². The standard InChI is InChI=1S/C17H18FNOS/c1-11(12-2-5-14(20)6-3-12)19-16-8-9-21-17-7-4-13(18)10-15(16)17/h2-7,10-11,16,19-20H,8-9H2,1H3. The fourth-order valence-corrected chi connectivity index (χ4v) is 3.81. The summed E-state index contributed by atoms with van der Waals surface area (Å²) in [4.78, 5) is 1.16. The zero-order chi connectivity index (χ0) is 14.8. The summed E-state index contributed by atoms with van der Waals surface area (Å²) in [6.07, 6.45) is 0.990. The molecule has 1 aliphatic heterocycles. The third kappa shape index (κ3) is 3.22. The van der Waals surface area contributed by atoms with Crippen molar-refractivity contribution in [3.8, 4) is 5.75 Å². The Hall–Kier alpha value is -1.52. The van der Waals surface area contributed by atoms with Crippen molar-refractivity contribution in [1.82, 2.24) is 5.32 Å². The van der Waals surface area contributed by atoms with Crippen LogP contribution in [0.2, 0.25) is 0 Å². The second-order valence-corrected chi connectivity index (χ2v) is 6.49. The Morgan fingerprint density at radius 2 is 2.00 bits per heavy atom. The normalized spacial score (nSPS) is 19.0.